The molecule has 3 aromatic rings. The lowest BCUT2D eigenvalue weighted by molar-refractivity contribution is -0.123. The molecule has 0 bridgehead atoms. The van der Waals surface area contributed by atoms with Gasteiger partial charge < -0.3 is 19.6 Å². The van der Waals surface area contributed by atoms with E-state index in [1.54, 1.807) is 30.3 Å². The summed E-state index contributed by atoms with van der Waals surface area (Å²) in [6.45, 7) is 4.71. The second-order valence-electron chi connectivity index (χ2n) is 7.69. The number of carbonyl (C=O) groups excluding carboxylic acids is 2. The van der Waals surface area contributed by atoms with Gasteiger partial charge in [-0.3, -0.25) is 14.5 Å². The Hall–Kier alpha value is -3.83. The average Bonchev–Trinajstić information content (AvgIpc) is 3.36. The van der Waals surface area contributed by atoms with E-state index in [4.69, 9.17) is 4.42 Å². The number of amides is 2. The number of anilines is 1. The van der Waals surface area contributed by atoms with Gasteiger partial charge in [-0.1, -0.05) is 30.3 Å². The van der Waals surface area contributed by atoms with Gasteiger partial charge in [0.1, 0.15) is 17.6 Å². The normalized spacial score (nSPS) is 10.7. The molecular weight excluding hydrogens is 406 g/mol. The van der Waals surface area contributed by atoms with E-state index in [9.17, 15) is 14.9 Å². The van der Waals surface area contributed by atoms with Gasteiger partial charge in [-0.2, -0.15) is 5.26 Å². The molecule has 0 radical (unpaired) electrons. The second-order valence-corrected chi connectivity index (χ2v) is 7.69. The summed E-state index contributed by atoms with van der Waals surface area (Å²) in [6, 6.07) is 15.6. The molecule has 0 saturated heterocycles. The number of hydrogen-bond acceptors (Lipinski definition) is 5. The fourth-order valence-electron chi connectivity index (χ4n) is 3.47. The van der Waals surface area contributed by atoms with Crippen LogP contribution in [-0.4, -0.2) is 41.4 Å². The fraction of sp³-hybridized carbons (Fsp3) is 0.292. The maximum Gasteiger partial charge on any atom is 0.239 e. The Kier molecular flexibility index (Phi) is 7.47. The molecule has 2 amide bonds. The Morgan fingerprint density at radius 3 is 2.47 bits per heavy atom. The van der Waals surface area contributed by atoms with E-state index in [0.717, 1.165) is 16.8 Å². The van der Waals surface area contributed by atoms with E-state index in [-0.39, 0.29) is 24.9 Å². The first-order chi connectivity index (χ1) is 15.4. The number of rotatable bonds is 9. The number of hydrogen-bond donors (Lipinski definition) is 2. The minimum absolute atomic E-state index is 0.00759. The lowest BCUT2D eigenvalue weighted by atomic mass is 10.2. The smallest absolute Gasteiger partial charge is 0.239 e. The van der Waals surface area contributed by atoms with Gasteiger partial charge in [0.05, 0.1) is 31.5 Å². The quantitative estimate of drug-likeness (QED) is 0.540. The first-order valence-corrected chi connectivity index (χ1v) is 10.3. The summed E-state index contributed by atoms with van der Waals surface area (Å²) in [7, 11) is 1.69. The summed E-state index contributed by atoms with van der Waals surface area (Å²) < 4.78 is 7.13. The Morgan fingerprint density at radius 2 is 1.81 bits per heavy atom. The summed E-state index contributed by atoms with van der Waals surface area (Å²) in [5.74, 6) is 0.628. The van der Waals surface area contributed by atoms with Gasteiger partial charge in [0.2, 0.25) is 11.8 Å². The SMILES string of the molecule is Cc1c(C#N)c(NC(=O)CN(C)CC(=O)NCc2ccco2)n(Cc2ccccc2)c1C. The zero-order chi connectivity index (χ0) is 23.1. The summed E-state index contributed by atoms with van der Waals surface area (Å²) in [6.07, 6.45) is 1.55. The van der Waals surface area contributed by atoms with Crippen LogP contribution < -0.4 is 10.6 Å². The van der Waals surface area contributed by atoms with Crippen LogP contribution in [0.25, 0.3) is 0 Å². The zero-order valence-corrected chi connectivity index (χ0v) is 18.5. The van der Waals surface area contributed by atoms with Crippen LogP contribution in [0.2, 0.25) is 0 Å². The van der Waals surface area contributed by atoms with E-state index < -0.39 is 0 Å². The predicted molar refractivity (Wildman–Crippen MR) is 121 cm³/mol. The lowest BCUT2D eigenvalue weighted by Gasteiger charge is -2.17. The van der Waals surface area contributed by atoms with Gasteiger partial charge in [-0.25, -0.2) is 0 Å². The van der Waals surface area contributed by atoms with Crippen LogP contribution >= 0.6 is 0 Å². The molecule has 0 aliphatic carbocycles. The van der Waals surface area contributed by atoms with Crippen molar-refractivity contribution < 1.29 is 14.0 Å². The van der Waals surface area contributed by atoms with Gasteiger partial charge in [0, 0.05) is 12.2 Å². The van der Waals surface area contributed by atoms with Crippen LogP contribution in [0.5, 0.6) is 0 Å². The molecule has 0 atom stereocenters. The van der Waals surface area contributed by atoms with Gasteiger partial charge in [0.25, 0.3) is 0 Å². The van der Waals surface area contributed by atoms with Crippen LogP contribution in [0, 0.1) is 25.2 Å². The molecule has 0 saturated carbocycles. The van der Waals surface area contributed by atoms with Gasteiger partial charge in [0.15, 0.2) is 0 Å². The number of furan rings is 1. The summed E-state index contributed by atoms with van der Waals surface area (Å²) in [5.41, 5.74) is 3.28. The van der Waals surface area contributed by atoms with Crippen LogP contribution in [0.3, 0.4) is 0 Å². The number of carbonyl (C=O) groups is 2. The number of nitriles is 1. The van der Waals surface area contributed by atoms with Crippen LogP contribution in [0.15, 0.2) is 53.1 Å². The summed E-state index contributed by atoms with van der Waals surface area (Å²) in [5, 5.41) is 15.3. The van der Waals surface area contributed by atoms with Crippen LogP contribution in [0.1, 0.15) is 28.1 Å². The molecule has 2 aromatic heterocycles. The number of aromatic nitrogens is 1. The first kappa shape index (κ1) is 22.8. The molecule has 0 aliphatic rings. The van der Waals surface area contributed by atoms with Crippen LogP contribution in [-0.2, 0) is 22.7 Å². The highest BCUT2D eigenvalue weighted by atomic mass is 16.3. The minimum atomic E-state index is -0.297. The number of likely N-dealkylation sites (N-methyl/N-ethyl adjacent to an activating group) is 1. The highest BCUT2D eigenvalue weighted by Gasteiger charge is 2.20. The standard InChI is InChI=1S/C24H27N5O3/c1-17-18(2)29(14-19-8-5-4-6-9-19)24(21(17)12-25)27-23(31)16-28(3)15-22(30)26-13-20-10-7-11-32-20/h4-11H,13-16H2,1-3H3,(H,26,30)(H,27,31). The van der Waals surface area contributed by atoms with Crippen molar-refractivity contribution >= 4 is 17.6 Å². The molecule has 0 aliphatic heterocycles. The maximum absolute atomic E-state index is 12.7. The van der Waals surface area contributed by atoms with E-state index in [1.807, 2.05) is 48.7 Å². The Morgan fingerprint density at radius 1 is 1.09 bits per heavy atom. The summed E-state index contributed by atoms with van der Waals surface area (Å²) in [4.78, 5) is 26.5. The van der Waals surface area contributed by atoms with Crippen molar-refractivity contribution in [2.75, 3.05) is 25.5 Å². The molecule has 8 heteroatoms. The Bertz CT molecular complexity index is 1110. The lowest BCUT2D eigenvalue weighted by Crippen LogP contribution is -2.39. The molecule has 0 unspecified atom stereocenters. The molecule has 32 heavy (non-hydrogen) atoms. The Labute approximate surface area is 187 Å². The molecule has 8 nitrogen and oxygen atoms in total. The van der Waals surface area contributed by atoms with Crippen molar-refractivity contribution in [1.82, 2.24) is 14.8 Å². The highest BCUT2D eigenvalue weighted by molar-refractivity contribution is 5.93. The van der Waals surface area contributed by atoms with E-state index in [0.29, 0.717) is 30.2 Å². The van der Waals surface area contributed by atoms with E-state index in [2.05, 4.69) is 16.7 Å². The Balaban J connectivity index is 1.64. The number of benzene rings is 1. The van der Waals surface area contributed by atoms with Gasteiger partial charge in [-0.15, -0.1) is 0 Å². The second kappa shape index (κ2) is 10.5. The molecule has 1 aromatic carbocycles. The zero-order valence-electron chi connectivity index (χ0n) is 18.5. The van der Waals surface area contributed by atoms with E-state index >= 15 is 0 Å². The molecule has 2 N–H and O–H groups in total. The number of nitrogens with one attached hydrogen (secondary N) is 2. The van der Waals surface area contributed by atoms with Crippen molar-refractivity contribution in [2.45, 2.75) is 26.9 Å². The number of nitrogens with zero attached hydrogens (tertiary/aromatic N) is 3. The van der Waals surface area contributed by atoms with Gasteiger partial charge >= 0.3 is 0 Å². The van der Waals surface area contributed by atoms with E-state index in [1.165, 1.54) is 0 Å². The third-order valence-corrected chi connectivity index (χ3v) is 5.25. The molecular formula is C24H27N5O3. The van der Waals surface area contributed by atoms with Crippen molar-refractivity contribution in [3.63, 3.8) is 0 Å². The monoisotopic (exact) mass is 433 g/mol. The van der Waals surface area contributed by atoms with Crippen LogP contribution in [0.4, 0.5) is 5.82 Å². The first-order valence-electron chi connectivity index (χ1n) is 10.3. The molecule has 3 rings (SSSR count). The third-order valence-electron chi connectivity index (χ3n) is 5.25. The van der Waals surface area contributed by atoms with Crippen molar-refractivity contribution in [2.24, 2.45) is 0 Å². The molecule has 2 heterocycles. The topological polar surface area (TPSA) is 103 Å². The maximum atomic E-state index is 12.7. The molecule has 0 spiro atoms. The van der Waals surface area contributed by atoms with Crippen molar-refractivity contribution in [3.8, 4) is 6.07 Å². The average molecular weight is 434 g/mol. The largest absolute Gasteiger partial charge is 0.467 e. The molecule has 0 fully saturated rings. The third kappa shape index (κ3) is 5.65. The minimum Gasteiger partial charge on any atom is -0.467 e. The van der Waals surface area contributed by atoms with Crippen molar-refractivity contribution in [1.29, 1.82) is 5.26 Å². The molecule has 166 valence electrons. The van der Waals surface area contributed by atoms with Crippen molar-refractivity contribution in [3.05, 3.63) is 76.9 Å². The highest BCUT2D eigenvalue weighted by Crippen LogP contribution is 2.27. The predicted octanol–water partition coefficient (Wildman–Crippen LogP) is 2.80. The fourth-order valence-corrected chi connectivity index (χ4v) is 3.47. The summed E-state index contributed by atoms with van der Waals surface area (Å²) >= 11 is 0. The van der Waals surface area contributed by atoms with Gasteiger partial charge in [-0.05, 0) is 44.2 Å².